The van der Waals surface area contributed by atoms with Crippen molar-refractivity contribution >= 4 is 28.5 Å². The first-order chi connectivity index (χ1) is 3.41. The second kappa shape index (κ2) is 5.72. The zero-order chi connectivity index (χ0) is 5.54. The highest BCUT2D eigenvalue weighted by Crippen LogP contribution is 1.77. The second-order valence-corrected chi connectivity index (χ2v) is 1.47. The molecule has 2 nitrogen and oxygen atoms in total. The molecule has 0 saturated carbocycles. The summed E-state index contributed by atoms with van der Waals surface area (Å²) in [4.78, 5) is 0. The maximum atomic E-state index is 6.38. The van der Waals surface area contributed by atoms with E-state index in [1.165, 1.54) is 6.20 Å². The van der Waals surface area contributed by atoms with Crippen LogP contribution in [0.2, 0.25) is 0 Å². The van der Waals surface area contributed by atoms with Gasteiger partial charge in [0.15, 0.2) is 0 Å². The summed E-state index contributed by atoms with van der Waals surface area (Å²) < 4.78 is 1.81. The van der Waals surface area contributed by atoms with Gasteiger partial charge in [-0.15, -0.1) is 0 Å². The lowest BCUT2D eigenvalue weighted by atomic mass is 10.9. The fraction of sp³-hybridized carbons (Fsp3) is 0. The van der Waals surface area contributed by atoms with Gasteiger partial charge in [-0.2, -0.15) is 0 Å². The van der Waals surface area contributed by atoms with Crippen molar-refractivity contribution in [1.82, 2.24) is 5.32 Å². The Morgan fingerprint density at radius 1 is 1.71 bits per heavy atom. The zero-order valence-corrected chi connectivity index (χ0v) is 5.77. The maximum Gasteiger partial charge on any atom is 0.0629 e. The van der Waals surface area contributed by atoms with E-state index in [9.17, 15) is 0 Å². The first-order valence-electron chi connectivity index (χ1n) is 1.67. The molecule has 0 bridgehead atoms. The highest BCUT2D eigenvalue weighted by atomic mass is 127. The maximum absolute atomic E-state index is 6.38. The van der Waals surface area contributed by atoms with E-state index in [-0.39, 0.29) is 0 Å². The standard InChI is InChI=1S/C4H5IN2/c5-1-3-7-4-2-6/h1,3-4,6-7H/b3-1-. The average Bonchev–Trinajstić information content (AvgIpc) is 1.69. The number of nitrogens with one attached hydrogen (secondary N) is 2. The number of halogens is 1. The molecule has 0 aromatic rings. The third kappa shape index (κ3) is 5.72. The van der Waals surface area contributed by atoms with Crippen LogP contribution < -0.4 is 5.32 Å². The summed E-state index contributed by atoms with van der Waals surface area (Å²) in [5, 5.41) is 9.05. The molecule has 0 aromatic heterocycles. The van der Waals surface area contributed by atoms with Crippen molar-refractivity contribution in [3.63, 3.8) is 0 Å². The first kappa shape index (κ1) is 6.72. The van der Waals surface area contributed by atoms with Crippen molar-refractivity contribution in [2.24, 2.45) is 0 Å². The van der Waals surface area contributed by atoms with E-state index in [0.717, 1.165) is 0 Å². The van der Waals surface area contributed by atoms with Gasteiger partial charge < -0.3 is 5.32 Å². The van der Waals surface area contributed by atoms with Crippen molar-refractivity contribution in [1.29, 1.82) is 5.41 Å². The highest BCUT2D eigenvalue weighted by Gasteiger charge is 1.55. The second-order valence-electron chi connectivity index (χ2n) is 0.748. The quantitative estimate of drug-likeness (QED) is 0.519. The Labute approximate surface area is 56.0 Å². The van der Waals surface area contributed by atoms with E-state index in [4.69, 9.17) is 5.41 Å². The third-order valence-corrected chi connectivity index (χ3v) is 0.674. The fourth-order valence-electron chi connectivity index (χ4n) is 0.126. The Bertz CT molecular complexity index is 102. The molecule has 0 atom stereocenters. The fourth-order valence-corrected chi connectivity index (χ4v) is 0.334. The smallest absolute Gasteiger partial charge is 0.0629 e. The van der Waals surface area contributed by atoms with E-state index >= 15 is 0 Å². The molecule has 0 rings (SSSR count). The van der Waals surface area contributed by atoms with Crippen LogP contribution in [0.3, 0.4) is 0 Å². The largest absolute Gasteiger partial charge is 0.360 e. The summed E-state index contributed by atoms with van der Waals surface area (Å²) in [5.74, 6) is 2.06. The molecule has 0 radical (unpaired) electrons. The molecule has 38 valence electrons. The number of hydrogen-bond donors (Lipinski definition) is 2. The van der Waals surface area contributed by atoms with E-state index in [1.54, 1.807) is 6.20 Å². The number of rotatable bonds is 2. The van der Waals surface area contributed by atoms with Gasteiger partial charge in [0.25, 0.3) is 0 Å². The van der Waals surface area contributed by atoms with Gasteiger partial charge in [-0.1, -0.05) is 22.6 Å². The molecule has 3 heteroatoms. The van der Waals surface area contributed by atoms with Gasteiger partial charge in [0.05, 0.1) is 6.20 Å². The van der Waals surface area contributed by atoms with Crippen LogP contribution in [0.1, 0.15) is 0 Å². The highest BCUT2D eigenvalue weighted by molar-refractivity contribution is 14.1. The molecule has 2 N–H and O–H groups in total. The molecule has 0 saturated heterocycles. The summed E-state index contributed by atoms with van der Waals surface area (Å²) in [6.07, 6.45) is 3.12. The molecular weight excluding hydrogens is 203 g/mol. The number of hydrogen-bond acceptors (Lipinski definition) is 2. The first-order valence-corrected chi connectivity index (χ1v) is 2.91. The van der Waals surface area contributed by atoms with Crippen molar-refractivity contribution < 1.29 is 0 Å². The molecule has 0 spiro atoms. The van der Waals surface area contributed by atoms with E-state index in [1.807, 2.05) is 4.08 Å². The molecule has 0 amide bonds. The molecule has 0 aliphatic rings. The topological polar surface area (TPSA) is 35.9 Å². The lowest BCUT2D eigenvalue weighted by Crippen LogP contribution is -1.88. The minimum atomic E-state index is 1.41. The molecule has 0 aliphatic carbocycles. The lowest BCUT2D eigenvalue weighted by molar-refractivity contribution is 1.22. The van der Waals surface area contributed by atoms with E-state index in [2.05, 4.69) is 33.8 Å². The van der Waals surface area contributed by atoms with Gasteiger partial charge in [0, 0.05) is 6.20 Å². The van der Waals surface area contributed by atoms with Crippen LogP contribution in [0.5, 0.6) is 0 Å². The van der Waals surface area contributed by atoms with Crippen LogP contribution in [0, 0.1) is 5.41 Å². The minimum Gasteiger partial charge on any atom is -0.360 e. The van der Waals surface area contributed by atoms with Gasteiger partial charge in [-0.05, 0) is 9.95 Å². The molecule has 0 unspecified atom stereocenters. The summed E-state index contributed by atoms with van der Waals surface area (Å²) >= 11 is 2.08. The van der Waals surface area contributed by atoms with Gasteiger partial charge in [-0.3, -0.25) is 5.41 Å². The Morgan fingerprint density at radius 2 is 2.43 bits per heavy atom. The summed E-state index contributed by atoms with van der Waals surface area (Å²) in [7, 11) is 0. The van der Waals surface area contributed by atoms with Crippen LogP contribution in [0.15, 0.2) is 16.5 Å². The van der Waals surface area contributed by atoms with Crippen LogP contribution in [-0.2, 0) is 0 Å². The van der Waals surface area contributed by atoms with Gasteiger partial charge in [-0.25, -0.2) is 0 Å². The Kier molecular flexibility index (Phi) is 5.49. The van der Waals surface area contributed by atoms with Crippen LogP contribution in [0.4, 0.5) is 0 Å². The molecule has 7 heavy (non-hydrogen) atoms. The minimum absolute atomic E-state index is 1.41. The van der Waals surface area contributed by atoms with Crippen molar-refractivity contribution in [2.45, 2.75) is 0 Å². The predicted octanol–water partition coefficient (Wildman–Crippen LogP) is 1.24. The van der Waals surface area contributed by atoms with Crippen molar-refractivity contribution in [2.75, 3.05) is 0 Å². The Morgan fingerprint density at radius 3 is 2.86 bits per heavy atom. The zero-order valence-electron chi connectivity index (χ0n) is 3.61. The Balaban J connectivity index is 3.15. The van der Waals surface area contributed by atoms with E-state index in [0.29, 0.717) is 0 Å². The summed E-state index contributed by atoms with van der Waals surface area (Å²) in [6, 6.07) is 0. The molecule has 0 aliphatic heterocycles. The van der Waals surface area contributed by atoms with Gasteiger partial charge in [0.1, 0.15) is 0 Å². The predicted molar refractivity (Wildman–Crippen MR) is 38.6 cm³/mol. The normalized spacial score (nSPS) is 8.14. The monoisotopic (exact) mass is 208 g/mol. The Hall–Kier alpha value is -0.280. The summed E-state index contributed by atoms with van der Waals surface area (Å²) in [5.41, 5.74) is 0. The van der Waals surface area contributed by atoms with E-state index < -0.39 is 0 Å². The average molecular weight is 208 g/mol. The molecule has 0 aromatic carbocycles. The van der Waals surface area contributed by atoms with Crippen molar-refractivity contribution in [3.05, 3.63) is 16.5 Å². The lowest BCUT2D eigenvalue weighted by Gasteiger charge is -1.77. The van der Waals surface area contributed by atoms with Crippen molar-refractivity contribution in [3.8, 4) is 0 Å². The van der Waals surface area contributed by atoms with Crippen LogP contribution >= 0.6 is 22.6 Å². The molecule has 0 fully saturated rings. The third-order valence-electron chi connectivity index (χ3n) is 0.315. The SMILES string of the molecule is N=C=CN/C=C\I. The van der Waals surface area contributed by atoms with Crippen LogP contribution in [0.25, 0.3) is 0 Å². The van der Waals surface area contributed by atoms with Gasteiger partial charge in [0.2, 0.25) is 0 Å². The molecule has 0 heterocycles. The molecular formula is C4H5IN2. The van der Waals surface area contributed by atoms with Gasteiger partial charge >= 0.3 is 0 Å². The summed E-state index contributed by atoms with van der Waals surface area (Å²) in [6.45, 7) is 0. The van der Waals surface area contributed by atoms with Crippen LogP contribution in [-0.4, -0.2) is 5.87 Å².